The summed E-state index contributed by atoms with van der Waals surface area (Å²) in [5.41, 5.74) is 4.70. The number of carboxylic acid groups (broad SMARTS) is 1. The van der Waals surface area contributed by atoms with Gasteiger partial charge >= 0.3 is 5.97 Å². The lowest BCUT2D eigenvalue weighted by Gasteiger charge is -2.37. The summed E-state index contributed by atoms with van der Waals surface area (Å²) in [6.07, 6.45) is 4.60. The quantitative estimate of drug-likeness (QED) is 0.722. The molecule has 0 spiro atoms. The van der Waals surface area contributed by atoms with Gasteiger partial charge in [0, 0.05) is 6.54 Å². The smallest absolute Gasteiger partial charge is 0.326 e. The van der Waals surface area contributed by atoms with Crippen molar-refractivity contribution in [2.24, 2.45) is 16.6 Å². The number of aliphatic carboxylic acids is 1. The van der Waals surface area contributed by atoms with Gasteiger partial charge in [0.15, 0.2) is 0 Å². The second kappa shape index (κ2) is 5.90. The zero-order valence-corrected chi connectivity index (χ0v) is 12.2. The van der Waals surface area contributed by atoms with E-state index in [4.69, 9.17) is 5.73 Å². The van der Waals surface area contributed by atoms with E-state index in [1.807, 2.05) is 20.8 Å². The molecule has 0 aromatic heterocycles. The molecule has 1 saturated carbocycles. The molecule has 0 saturated heterocycles. The summed E-state index contributed by atoms with van der Waals surface area (Å²) in [5, 5.41) is 12.0. The predicted molar refractivity (Wildman–Crippen MR) is 73.6 cm³/mol. The molecule has 5 heteroatoms. The van der Waals surface area contributed by atoms with Crippen molar-refractivity contribution in [2.75, 3.05) is 6.54 Å². The fraction of sp³-hybridized carbons (Fsp3) is 0.857. The third-order valence-corrected chi connectivity index (χ3v) is 4.07. The third-order valence-electron chi connectivity index (χ3n) is 4.07. The monoisotopic (exact) mass is 270 g/mol. The minimum atomic E-state index is -0.996. The van der Waals surface area contributed by atoms with Crippen molar-refractivity contribution in [1.29, 1.82) is 0 Å². The third kappa shape index (κ3) is 3.69. The van der Waals surface area contributed by atoms with Gasteiger partial charge in [0.05, 0.1) is 5.41 Å². The number of rotatable bonds is 4. The summed E-state index contributed by atoms with van der Waals surface area (Å²) in [6, 6.07) is -0.884. The van der Waals surface area contributed by atoms with Crippen molar-refractivity contribution in [1.82, 2.24) is 5.32 Å². The first-order valence-corrected chi connectivity index (χ1v) is 6.97. The summed E-state index contributed by atoms with van der Waals surface area (Å²) in [5.74, 6) is -1.19. The number of nitrogens with two attached hydrogens (primary N) is 1. The standard InChI is InChI=1S/C14H26N2O3/c1-13(2,3)10(11(17)18)16-12(19)14(9-15)7-5-4-6-8-14/h10H,4-9,15H2,1-3H3,(H,16,19)(H,17,18)/t10-/m0/s1. The Bertz CT molecular complexity index is 341. The summed E-state index contributed by atoms with van der Waals surface area (Å²) in [4.78, 5) is 23.8. The molecule has 1 aliphatic rings. The maximum absolute atomic E-state index is 12.5. The van der Waals surface area contributed by atoms with E-state index >= 15 is 0 Å². The highest BCUT2D eigenvalue weighted by atomic mass is 16.4. The zero-order chi connectivity index (χ0) is 14.7. The zero-order valence-electron chi connectivity index (χ0n) is 12.2. The number of carbonyl (C=O) groups is 2. The van der Waals surface area contributed by atoms with Crippen LogP contribution in [-0.4, -0.2) is 29.6 Å². The van der Waals surface area contributed by atoms with Crippen molar-refractivity contribution < 1.29 is 14.7 Å². The van der Waals surface area contributed by atoms with Gasteiger partial charge in [-0.3, -0.25) is 4.79 Å². The van der Waals surface area contributed by atoms with Crippen LogP contribution in [0.15, 0.2) is 0 Å². The Morgan fingerprint density at radius 2 is 1.79 bits per heavy atom. The normalized spacial score (nSPS) is 20.6. The van der Waals surface area contributed by atoms with Gasteiger partial charge in [0.1, 0.15) is 6.04 Å². The van der Waals surface area contributed by atoms with E-state index in [2.05, 4.69) is 5.32 Å². The van der Waals surface area contributed by atoms with Crippen LogP contribution >= 0.6 is 0 Å². The Labute approximate surface area is 114 Å². The maximum atomic E-state index is 12.5. The molecule has 0 aromatic rings. The molecule has 0 unspecified atom stereocenters. The van der Waals surface area contributed by atoms with E-state index in [-0.39, 0.29) is 12.5 Å². The Hall–Kier alpha value is -1.10. The first-order chi connectivity index (χ1) is 8.73. The minimum absolute atomic E-state index is 0.197. The molecule has 0 bridgehead atoms. The van der Waals surface area contributed by atoms with Gasteiger partial charge in [0.2, 0.25) is 5.91 Å². The average molecular weight is 270 g/mol. The van der Waals surface area contributed by atoms with E-state index < -0.39 is 22.8 Å². The highest BCUT2D eigenvalue weighted by molar-refractivity contribution is 5.88. The van der Waals surface area contributed by atoms with Gasteiger partial charge in [-0.15, -0.1) is 0 Å². The van der Waals surface area contributed by atoms with Gasteiger partial charge < -0.3 is 16.2 Å². The number of hydrogen-bond donors (Lipinski definition) is 3. The van der Waals surface area contributed by atoms with Gasteiger partial charge in [-0.1, -0.05) is 40.0 Å². The van der Waals surface area contributed by atoms with Crippen molar-refractivity contribution >= 4 is 11.9 Å². The number of carboxylic acids is 1. The summed E-state index contributed by atoms with van der Waals surface area (Å²) >= 11 is 0. The van der Waals surface area contributed by atoms with E-state index in [1.165, 1.54) is 0 Å². The predicted octanol–water partition coefficient (Wildman–Crippen LogP) is 1.51. The molecule has 5 nitrogen and oxygen atoms in total. The molecular formula is C14H26N2O3. The van der Waals surface area contributed by atoms with Crippen LogP contribution in [0, 0.1) is 10.8 Å². The molecule has 1 amide bonds. The van der Waals surface area contributed by atoms with Crippen LogP contribution in [0.2, 0.25) is 0 Å². The Balaban J connectivity index is 2.83. The lowest BCUT2D eigenvalue weighted by atomic mass is 9.73. The van der Waals surface area contributed by atoms with Crippen LogP contribution < -0.4 is 11.1 Å². The molecule has 0 aliphatic heterocycles. The van der Waals surface area contributed by atoms with Crippen LogP contribution in [0.1, 0.15) is 52.9 Å². The molecule has 0 radical (unpaired) electrons. The van der Waals surface area contributed by atoms with Gasteiger partial charge in [-0.25, -0.2) is 4.79 Å². The lowest BCUT2D eigenvalue weighted by Crippen LogP contribution is -2.56. The second-order valence-corrected chi connectivity index (χ2v) is 6.66. The first kappa shape index (κ1) is 16.0. The SMILES string of the molecule is CC(C)(C)[C@@H](NC(=O)C1(CN)CCCCC1)C(=O)O. The van der Waals surface area contributed by atoms with E-state index in [9.17, 15) is 14.7 Å². The average Bonchev–Trinajstić information content (AvgIpc) is 2.34. The van der Waals surface area contributed by atoms with E-state index in [1.54, 1.807) is 0 Å². The van der Waals surface area contributed by atoms with E-state index in [0.29, 0.717) is 0 Å². The van der Waals surface area contributed by atoms with Gasteiger partial charge in [-0.05, 0) is 18.3 Å². The van der Waals surface area contributed by atoms with Crippen molar-refractivity contribution in [3.05, 3.63) is 0 Å². The van der Waals surface area contributed by atoms with Gasteiger partial charge in [-0.2, -0.15) is 0 Å². The largest absolute Gasteiger partial charge is 0.480 e. The first-order valence-electron chi connectivity index (χ1n) is 6.97. The molecule has 1 fully saturated rings. The van der Waals surface area contributed by atoms with Gasteiger partial charge in [0.25, 0.3) is 0 Å². The minimum Gasteiger partial charge on any atom is -0.480 e. The van der Waals surface area contributed by atoms with Crippen molar-refractivity contribution in [3.8, 4) is 0 Å². The summed E-state index contributed by atoms with van der Waals surface area (Å²) in [6.45, 7) is 5.71. The fourth-order valence-corrected chi connectivity index (χ4v) is 2.69. The summed E-state index contributed by atoms with van der Waals surface area (Å²) < 4.78 is 0. The number of hydrogen-bond acceptors (Lipinski definition) is 3. The van der Waals surface area contributed by atoms with Crippen LogP contribution in [-0.2, 0) is 9.59 Å². The highest BCUT2D eigenvalue weighted by Gasteiger charge is 2.42. The molecule has 0 heterocycles. The maximum Gasteiger partial charge on any atom is 0.326 e. The molecule has 0 aromatic carbocycles. The number of nitrogens with one attached hydrogen (secondary N) is 1. The molecule has 1 aliphatic carbocycles. The molecule has 19 heavy (non-hydrogen) atoms. The summed E-state index contributed by atoms with van der Waals surface area (Å²) in [7, 11) is 0. The van der Waals surface area contributed by atoms with E-state index in [0.717, 1.165) is 32.1 Å². The second-order valence-electron chi connectivity index (χ2n) is 6.66. The molecule has 1 rings (SSSR count). The molecular weight excluding hydrogens is 244 g/mol. The molecule has 110 valence electrons. The topological polar surface area (TPSA) is 92.4 Å². The lowest BCUT2D eigenvalue weighted by molar-refractivity contribution is -0.147. The molecule has 4 N–H and O–H groups in total. The van der Waals surface area contributed by atoms with Crippen LogP contribution in [0.4, 0.5) is 0 Å². The van der Waals surface area contributed by atoms with Crippen LogP contribution in [0.3, 0.4) is 0 Å². The highest BCUT2D eigenvalue weighted by Crippen LogP contribution is 2.36. The number of amides is 1. The number of carbonyl (C=O) groups excluding carboxylic acids is 1. The molecule has 1 atom stereocenters. The van der Waals surface area contributed by atoms with Crippen LogP contribution in [0.25, 0.3) is 0 Å². The Morgan fingerprint density at radius 1 is 1.26 bits per heavy atom. The van der Waals surface area contributed by atoms with Crippen LogP contribution in [0.5, 0.6) is 0 Å². The Kier molecular flexibility index (Phi) is 4.96. The van der Waals surface area contributed by atoms with Crippen molar-refractivity contribution in [2.45, 2.75) is 58.9 Å². The Morgan fingerprint density at radius 3 is 2.16 bits per heavy atom. The fourth-order valence-electron chi connectivity index (χ4n) is 2.69. The van der Waals surface area contributed by atoms with Crippen molar-refractivity contribution in [3.63, 3.8) is 0 Å².